The minimum atomic E-state index is 0. The van der Waals surface area contributed by atoms with E-state index >= 15 is 0 Å². The number of nitrogens with one attached hydrogen (secondary N) is 3. The average molecular weight is 517 g/mol. The first-order valence-corrected chi connectivity index (χ1v) is 10.0. The van der Waals surface area contributed by atoms with Gasteiger partial charge in [-0.3, -0.25) is 9.79 Å². The number of hydrogen-bond acceptors (Lipinski definition) is 3. The molecular formula is C23H28IN5O. The Kier molecular flexibility index (Phi) is 7.73. The third-order valence-electron chi connectivity index (χ3n) is 5.40. The fourth-order valence-electron chi connectivity index (χ4n) is 3.86. The summed E-state index contributed by atoms with van der Waals surface area (Å²) in [5, 5.41) is 9.71. The van der Waals surface area contributed by atoms with E-state index in [1.807, 2.05) is 18.2 Å². The van der Waals surface area contributed by atoms with Crippen molar-refractivity contribution in [3.63, 3.8) is 0 Å². The molecule has 3 N–H and O–H groups in total. The molecule has 2 aliphatic heterocycles. The standard InChI is InChI=1S/C23H27N5O.HI/c1-24-23(25-15-17-7-6-8-19(13-17)28-11-4-5-12-28)26-16-18-14-22(29)27-21-10-3-2-9-20(18)21;/h2-10,13,18H,11-12,14-16H2,1H3,(H,27,29)(H2,24,25,26);1H. The molecule has 4 rings (SSSR count). The Morgan fingerprint density at radius 2 is 1.93 bits per heavy atom. The Labute approximate surface area is 194 Å². The number of hydrogen-bond donors (Lipinski definition) is 3. The van der Waals surface area contributed by atoms with Crippen molar-refractivity contribution in [2.75, 3.05) is 36.9 Å². The lowest BCUT2D eigenvalue weighted by Gasteiger charge is -2.26. The minimum Gasteiger partial charge on any atom is -0.364 e. The highest BCUT2D eigenvalue weighted by atomic mass is 127. The fourth-order valence-corrected chi connectivity index (χ4v) is 3.86. The zero-order valence-electron chi connectivity index (χ0n) is 17.1. The molecule has 0 bridgehead atoms. The van der Waals surface area contributed by atoms with Gasteiger partial charge in [0.1, 0.15) is 0 Å². The number of carbonyl (C=O) groups is 1. The van der Waals surface area contributed by atoms with E-state index < -0.39 is 0 Å². The Balaban J connectivity index is 0.00000256. The van der Waals surface area contributed by atoms with Crippen LogP contribution < -0.4 is 20.9 Å². The van der Waals surface area contributed by atoms with Gasteiger partial charge in [-0.15, -0.1) is 24.0 Å². The number of halogens is 1. The predicted octanol–water partition coefficient (Wildman–Crippen LogP) is 3.47. The number of guanidine groups is 1. The molecule has 0 radical (unpaired) electrons. The Hall–Kier alpha value is -2.55. The third-order valence-corrected chi connectivity index (χ3v) is 5.40. The first-order chi connectivity index (χ1) is 14.2. The molecule has 1 atom stereocenters. The maximum absolute atomic E-state index is 12.0. The molecule has 30 heavy (non-hydrogen) atoms. The van der Waals surface area contributed by atoms with Gasteiger partial charge in [0.05, 0.1) is 0 Å². The highest BCUT2D eigenvalue weighted by Gasteiger charge is 2.24. The molecule has 1 unspecified atom stereocenters. The molecule has 7 heteroatoms. The number of para-hydroxylation sites is 1. The molecule has 2 aromatic carbocycles. The molecule has 0 spiro atoms. The molecule has 2 heterocycles. The second-order valence-corrected chi connectivity index (χ2v) is 7.39. The van der Waals surface area contributed by atoms with Crippen LogP contribution in [0.4, 0.5) is 11.4 Å². The molecule has 158 valence electrons. The SMILES string of the molecule is CN=C(NCc1cccc(N2CC=CC2)c1)NCC1CC(=O)Nc2ccccc21.I. The van der Waals surface area contributed by atoms with Crippen LogP contribution in [0.2, 0.25) is 0 Å². The molecule has 0 aliphatic carbocycles. The smallest absolute Gasteiger partial charge is 0.225 e. The van der Waals surface area contributed by atoms with Crippen molar-refractivity contribution in [3.05, 3.63) is 71.8 Å². The maximum Gasteiger partial charge on any atom is 0.225 e. The van der Waals surface area contributed by atoms with E-state index in [1.54, 1.807) is 7.05 Å². The van der Waals surface area contributed by atoms with Crippen molar-refractivity contribution in [3.8, 4) is 0 Å². The zero-order chi connectivity index (χ0) is 20.1. The van der Waals surface area contributed by atoms with Crippen molar-refractivity contribution < 1.29 is 4.79 Å². The lowest BCUT2D eigenvalue weighted by atomic mass is 9.90. The van der Waals surface area contributed by atoms with Gasteiger partial charge in [0.25, 0.3) is 0 Å². The van der Waals surface area contributed by atoms with Crippen molar-refractivity contribution in [2.24, 2.45) is 4.99 Å². The van der Waals surface area contributed by atoms with Crippen LogP contribution in [0, 0.1) is 0 Å². The summed E-state index contributed by atoms with van der Waals surface area (Å²) in [6, 6.07) is 16.6. The molecule has 2 aromatic rings. The average Bonchev–Trinajstić information content (AvgIpc) is 3.29. The van der Waals surface area contributed by atoms with E-state index in [0.29, 0.717) is 19.5 Å². The minimum absolute atomic E-state index is 0. The normalized spacial score (nSPS) is 17.8. The lowest BCUT2D eigenvalue weighted by Crippen LogP contribution is -2.40. The molecule has 0 aromatic heterocycles. The van der Waals surface area contributed by atoms with Crippen LogP contribution in [-0.4, -0.2) is 38.5 Å². The van der Waals surface area contributed by atoms with E-state index in [9.17, 15) is 4.79 Å². The fraction of sp³-hybridized carbons (Fsp3) is 0.304. The topological polar surface area (TPSA) is 68.8 Å². The molecular weight excluding hydrogens is 489 g/mol. The number of anilines is 2. The lowest BCUT2D eigenvalue weighted by molar-refractivity contribution is -0.116. The third kappa shape index (κ3) is 5.33. The van der Waals surface area contributed by atoms with Gasteiger partial charge in [0.2, 0.25) is 5.91 Å². The van der Waals surface area contributed by atoms with Gasteiger partial charge in [-0.25, -0.2) is 0 Å². The van der Waals surface area contributed by atoms with Crippen LogP contribution in [0.15, 0.2) is 65.7 Å². The first kappa shape index (κ1) is 22.1. The largest absolute Gasteiger partial charge is 0.364 e. The molecule has 0 saturated heterocycles. The van der Waals surface area contributed by atoms with Crippen LogP contribution in [0.1, 0.15) is 23.5 Å². The van der Waals surface area contributed by atoms with E-state index in [0.717, 1.165) is 24.7 Å². The van der Waals surface area contributed by atoms with Crippen molar-refractivity contribution in [1.29, 1.82) is 0 Å². The second-order valence-electron chi connectivity index (χ2n) is 7.39. The van der Waals surface area contributed by atoms with E-state index in [4.69, 9.17) is 0 Å². The molecule has 0 saturated carbocycles. The van der Waals surface area contributed by atoms with Gasteiger partial charge in [0.15, 0.2) is 5.96 Å². The maximum atomic E-state index is 12.0. The number of aliphatic imine (C=N–C) groups is 1. The summed E-state index contributed by atoms with van der Waals surface area (Å²) in [4.78, 5) is 18.7. The van der Waals surface area contributed by atoms with Crippen LogP contribution >= 0.6 is 24.0 Å². The van der Waals surface area contributed by atoms with Gasteiger partial charge in [-0.2, -0.15) is 0 Å². The Bertz CT molecular complexity index is 935. The van der Waals surface area contributed by atoms with Crippen LogP contribution in [0.3, 0.4) is 0 Å². The second kappa shape index (κ2) is 10.5. The number of benzene rings is 2. The van der Waals surface area contributed by atoms with Crippen LogP contribution in [0.5, 0.6) is 0 Å². The summed E-state index contributed by atoms with van der Waals surface area (Å²) in [6.07, 6.45) is 4.87. The van der Waals surface area contributed by atoms with Gasteiger partial charge < -0.3 is 20.9 Å². The van der Waals surface area contributed by atoms with Gasteiger partial charge in [-0.05, 0) is 29.3 Å². The molecule has 2 aliphatic rings. The van der Waals surface area contributed by atoms with Crippen molar-refractivity contribution in [2.45, 2.75) is 18.9 Å². The first-order valence-electron chi connectivity index (χ1n) is 10.0. The van der Waals surface area contributed by atoms with E-state index in [-0.39, 0.29) is 35.8 Å². The molecule has 0 fully saturated rings. The number of carbonyl (C=O) groups excluding carboxylic acids is 1. The van der Waals surface area contributed by atoms with E-state index in [2.05, 4.69) is 68.3 Å². The molecule has 6 nitrogen and oxygen atoms in total. The quantitative estimate of drug-likeness (QED) is 0.246. The number of fused-ring (bicyclic) bond motifs is 1. The van der Waals surface area contributed by atoms with Gasteiger partial charge in [0, 0.05) is 56.9 Å². The van der Waals surface area contributed by atoms with Gasteiger partial charge >= 0.3 is 0 Å². The van der Waals surface area contributed by atoms with Crippen molar-refractivity contribution >= 4 is 47.2 Å². The summed E-state index contributed by atoms with van der Waals surface area (Å²) < 4.78 is 0. The van der Waals surface area contributed by atoms with E-state index in [1.165, 1.54) is 16.8 Å². The summed E-state index contributed by atoms with van der Waals surface area (Å²) in [7, 11) is 1.77. The summed E-state index contributed by atoms with van der Waals surface area (Å²) >= 11 is 0. The number of rotatable bonds is 5. The summed E-state index contributed by atoms with van der Waals surface area (Å²) in [5.41, 5.74) is 4.52. The predicted molar refractivity (Wildman–Crippen MR) is 134 cm³/mol. The summed E-state index contributed by atoms with van der Waals surface area (Å²) in [6.45, 7) is 3.28. The number of nitrogens with zero attached hydrogens (tertiary/aromatic N) is 2. The Morgan fingerprint density at radius 1 is 1.13 bits per heavy atom. The highest BCUT2D eigenvalue weighted by molar-refractivity contribution is 14.0. The summed E-state index contributed by atoms with van der Waals surface area (Å²) in [5.74, 6) is 0.929. The van der Waals surface area contributed by atoms with Crippen LogP contribution in [-0.2, 0) is 11.3 Å². The Morgan fingerprint density at radius 3 is 2.73 bits per heavy atom. The van der Waals surface area contributed by atoms with Crippen molar-refractivity contribution in [1.82, 2.24) is 10.6 Å². The highest BCUT2D eigenvalue weighted by Crippen LogP contribution is 2.31. The van der Waals surface area contributed by atoms with Gasteiger partial charge in [-0.1, -0.05) is 42.5 Å². The number of amides is 1. The monoisotopic (exact) mass is 517 g/mol. The van der Waals surface area contributed by atoms with Crippen LogP contribution in [0.25, 0.3) is 0 Å². The zero-order valence-corrected chi connectivity index (χ0v) is 19.4. The molecule has 1 amide bonds.